The summed E-state index contributed by atoms with van der Waals surface area (Å²) in [6, 6.07) is 6.28. The van der Waals surface area contributed by atoms with E-state index in [2.05, 4.69) is 30.9 Å². The second-order valence-electron chi connectivity index (χ2n) is 17.9. The molecule has 0 aromatic heterocycles. The highest BCUT2D eigenvalue weighted by Crippen LogP contribution is 2.76. The first-order valence-corrected chi connectivity index (χ1v) is 18.6. The number of rotatable bonds is 1. The average molecular weight is 598 g/mol. The monoisotopic (exact) mass is 597 g/mol. The molecule has 1 aromatic rings. The number of ether oxygens (including phenoxy) is 1. The van der Waals surface area contributed by atoms with Crippen molar-refractivity contribution in [2.45, 2.75) is 151 Å². The molecule has 4 nitrogen and oxygen atoms in total. The molecule has 1 aromatic carbocycles. The number of phenolic OH excluding ortho intramolecular Hbond substituents is 1. The lowest BCUT2D eigenvalue weighted by molar-refractivity contribution is -0.383. The van der Waals surface area contributed by atoms with Gasteiger partial charge >= 0.3 is 0 Å². The van der Waals surface area contributed by atoms with Crippen LogP contribution >= 0.6 is 0 Å². The van der Waals surface area contributed by atoms with E-state index >= 15 is 0 Å². The van der Waals surface area contributed by atoms with Crippen molar-refractivity contribution in [2.75, 3.05) is 6.61 Å². The maximum Gasteiger partial charge on any atom is 0.115 e. The van der Waals surface area contributed by atoms with Crippen molar-refractivity contribution in [3.05, 3.63) is 29.3 Å². The molecule has 0 unspecified atom stereocenters. The van der Waals surface area contributed by atoms with Crippen LogP contribution in [0.4, 0.5) is 0 Å². The third kappa shape index (κ3) is 3.70. The lowest BCUT2D eigenvalue weighted by Crippen LogP contribution is -2.86. The summed E-state index contributed by atoms with van der Waals surface area (Å²) < 4.78 is 7.85. The molecule has 8 fully saturated rings. The van der Waals surface area contributed by atoms with Gasteiger partial charge in [-0.1, -0.05) is 56.4 Å². The van der Waals surface area contributed by atoms with Crippen LogP contribution in [0.5, 0.6) is 5.75 Å². The minimum atomic E-state index is -0.535. The topological polar surface area (TPSA) is 75.7 Å². The summed E-state index contributed by atoms with van der Waals surface area (Å²) in [5, 5.41) is 21.9. The Balaban J connectivity index is 1.31. The number of hydrogen-bond acceptors (Lipinski definition) is 4. The molecule has 2 saturated heterocycles. The second kappa shape index (κ2) is 9.51. The van der Waals surface area contributed by atoms with E-state index in [1.807, 2.05) is 6.07 Å². The van der Waals surface area contributed by atoms with Gasteiger partial charge < -0.3 is 20.7 Å². The zero-order chi connectivity index (χ0) is 30.0. The Kier molecular flexibility index (Phi) is 6.20. The van der Waals surface area contributed by atoms with Gasteiger partial charge in [-0.3, -0.25) is 0 Å². The fourth-order valence-corrected chi connectivity index (χ4v) is 14.5. The quantitative estimate of drug-likeness (QED) is 0.292. The van der Waals surface area contributed by atoms with E-state index < -0.39 is 5.54 Å². The van der Waals surface area contributed by atoms with Crippen molar-refractivity contribution >= 4 is 0 Å². The van der Waals surface area contributed by atoms with Crippen LogP contribution in [0.15, 0.2) is 18.2 Å². The Morgan fingerprint density at radius 2 is 1.75 bits per heavy atom. The number of nitrogens with two attached hydrogens (primary N) is 1. The van der Waals surface area contributed by atoms with E-state index in [4.69, 9.17) is 10.5 Å². The van der Waals surface area contributed by atoms with E-state index in [9.17, 15) is 10.2 Å². The van der Waals surface area contributed by atoms with Gasteiger partial charge in [-0.2, -0.15) is 0 Å². The Bertz CT molecular complexity index is 1400. The summed E-state index contributed by atoms with van der Waals surface area (Å²) in [4.78, 5) is 0. The van der Waals surface area contributed by atoms with Crippen molar-refractivity contribution in [3.8, 4) is 17.6 Å². The van der Waals surface area contributed by atoms with E-state index in [1.54, 1.807) is 0 Å². The zero-order valence-electron chi connectivity index (χ0n) is 27.1. The predicted molar refractivity (Wildman–Crippen MR) is 173 cm³/mol. The van der Waals surface area contributed by atoms with E-state index in [1.165, 1.54) is 94.6 Å². The number of fused-ring (bicyclic) bond motifs is 4. The molecule has 3 spiro atoms. The lowest BCUT2D eigenvalue weighted by Gasteiger charge is -2.79. The van der Waals surface area contributed by atoms with Gasteiger partial charge in [0.15, 0.2) is 0 Å². The SMILES string of the molecule is C[C@@]12CCC[C@@]34CC[C@@H](CO)[C@@](N)([C@@H]31)[C@H]1C#CC3(CCCCC3)c3cc(O)ccc3C[C@H]3C[C@H](CC5(CCCC5)C3)[C@@]1(C4)O2. The van der Waals surface area contributed by atoms with Gasteiger partial charge in [0.1, 0.15) is 5.75 Å². The molecule has 9 aliphatic rings. The van der Waals surface area contributed by atoms with Crippen molar-refractivity contribution in [1.29, 1.82) is 0 Å². The molecule has 44 heavy (non-hydrogen) atoms. The van der Waals surface area contributed by atoms with Gasteiger partial charge in [0.25, 0.3) is 0 Å². The van der Waals surface area contributed by atoms with Crippen molar-refractivity contribution < 1.29 is 14.9 Å². The van der Waals surface area contributed by atoms with E-state index in [0.717, 1.165) is 38.5 Å². The summed E-state index contributed by atoms with van der Waals surface area (Å²) in [7, 11) is 0. The standard InChI is InChI=1S/C40H55NO3/c1-35-12-7-17-38-18-10-29(25-42)40(41,34(35)38)33-11-19-37(15-3-2-4-16-37)32-22-31(43)9-8-28(32)20-27-21-30(39(33,26-38)44-35)24-36(23-27)13-5-6-14-36/h8-9,22,27,29-30,33-34,42-43H,2-7,10,12-18,20-21,23-26,41H2,1H3/t27-,29-,30+,33-,34+,35+,38-,39+,40-/m0/s1. The average Bonchev–Trinajstić information content (AvgIpc) is 3.43. The first-order valence-electron chi connectivity index (χ1n) is 18.6. The number of aliphatic hydroxyl groups excluding tert-OH is 1. The zero-order valence-corrected chi connectivity index (χ0v) is 27.1. The van der Waals surface area contributed by atoms with Gasteiger partial charge in [-0.05, 0) is 136 Å². The first kappa shape index (κ1) is 28.7. The Morgan fingerprint density at radius 1 is 0.955 bits per heavy atom. The van der Waals surface area contributed by atoms with Crippen LogP contribution in [-0.4, -0.2) is 33.6 Å². The van der Waals surface area contributed by atoms with E-state index in [-0.39, 0.29) is 46.4 Å². The lowest BCUT2D eigenvalue weighted by atomic mass is 9.33. The van der Waals surface area contributed by atoms with Crippen LogP contribution in [0, 0.1) is 52.3 Å². The largest absolute Gasteiger partial charge is 0.508 e. The Morgan fingerprint density at radius 3 is 2.55 bits per heavy atom. The molecule has 2 aliphatic heterocycles. The second-order valence-corrected chi connectivity index (χ2v) is 17.9. The minimum Gasteiger partial charge on any atom is -0.508 e. The van der Waals surface area contributed by atoms with Crippen LogP contribution in [0.1, 0.15) is 134 Å². The molecule has 7 bridgehead atoms. The number of benzene rings is 1. The summed E-state index contributed by atoms with van der Waals surface area (Å²) in [6.07, 6.45) is 23.0. The van der Waals surface area contributed by atoms with Crippen LogP contribution in [0.3, 0.4) is 0 Å². The van der Waals surface area contributed by atoms with Gasteiger partial charge in [0.2, 0.25) is 0 Å². The van der Waals surface area contributed by atoms with Crippen molar-refractivity contribution in [2.24, 2.45) is 46.2 Å². The van der Waals surface area contributed by atoms with Gasteiger partial charge in [0, 0.05) is 24.0 Å². The maximum absolute atomic E-state index is 11.1. The number of hydrogen-bond donors (Lipinski definition) is 3. The predicted octanol–water partition coefficient (Wildman–Crippen LogP) is 7.56. The molecule has 4 N–H and O–H groups in total. The third-order valence-electron chi connectivity index (χ3n) is 15.7. The van der Waals surface area contributed by atoms with Gasteiger partial charge in [-0.15, -0.1) is 0 Å². The highest BCUT2D eigenvalue weighted by atomic mass is 16.5. The number of aliphatic hydroxyl groups is 1. The summed E-state index contributed by atoms with van der Waals surface area (Å²) in [5.41, 5.74) is 10.1. The first-order chi connectivity index (χ1) is 21.2. The van der Waals surface area contributed by atoms with Crippen LogP contribution < -0.4 is 5.73 Å². The Labute approximate surface area is 265 Å². The fraction of sp³-hybridized carbons (Fsp3) is 0.800. The molecule has 9 atom stereocenters. The maximum atomic E-state index is 11.1. The normalized spacial score (nSPS) is 47.7. The Hall–Kier alpha value is -1.54. The minimum absolute atomic E-state index is 0.0587. The van der Waals surface area contributed by atoms with Crippen LogP contribution in [0.2, 0.25) is 0 Å². The van der Waals surface area contributed by atoms with Crippen molar-refractivity contribution in [1.82, 2.24) is 0 Å². The summed E-state index contributed by atoms with van der Waals surface area (Å²) in [5.74, 6) is 9.91. The molecule has 4 heteroatoms. The molecular weight excluding hydrogens is 542 g/mol. The number of phenols is 1. The molecular formula is C40H55NO3. The molecule has 0 radical (unpaired) electrons. The summed E-state index contributed by atoms with van der Waals surface area (Å²) in [6.45, 7) is 2.59. The fourth-order valence-electron chi connectivity index (χ4n) is 14.5. The molecule has 6 saturated carbocycles. The molecule has 7 aliphatic carbocycles. The molecule has 2 heterocycles. The molecule has 10 rings (SSSR count). The highest BCUT2D eigenvalue weighted by Gasteiger charge is 2.80. The summed E-state index contributed by atoms with van der Waals surface area (Å²) >= 11 is 0. The van der Waals surface area contributed by atoms with Gasteiger partial charge in [0.05, 0.1) is 22.5 Å². The van der Waals surface area contributed by atoms with Gasteiger partial charge in [-0.25, -0.2) is 0 Å². The van der Waals surface area contributed by atoms with E-state index in [0.29, 0.717) is 23.0 Å². The smallest absolute Gasteiger partial charge is 0.115 e. The van der Waals surface area contributed by atoms with Crippen molar-refractivity contribution in [3.63, 3.8) is 0 Å². The molecule has 238 valence electrons. The number of aromatic hydroxyl groups is 1. The van der Waals surface area contributed by atoms with Crippen LogP contribution in [-0.2, 0) is 16.6 Å². The molecule has 0 amide bonds. The third-order valence-corrected chi connectivity index (χ3v) is 15.7. The van der Waals surface area contributed by atoms with Crippen LogP contribution in [0.25, 0.3) is 0 Å². The highest BCUT2D eigenvalue weighted by molar-refractivity contribution is 5.48.